The summed E-state index contributed by atoms with van der Waals surface area (Å²) in [6.45, 7) is 6.75. The fourth-order valence-corrected chi connectivity index (χ4v) is 0.870. The van der Waals surface area contributed by atoms with Crippen LogP contribution in [0.15, 0.2) is 4.52 Å². The molecule has 0 saturated heterocycles. The highest BCUT2D eigenvalue weighted by Crippen LogP contribution is 2.10. The Kier molecular flexibility index (Phi) is 4.03. The van der Waals surface area contributed by atoms with Gasteiger partial charge in [0.05, 0.1) is 6.10 Å². The average Bonchev–Trinajstić information content (AvgIpc) is 2.62. The highest BCUT2D eigenvalue weighted by Gasteiger charge is 2.12. The summed E-state index contributed by atoms with van der Waals surface area (Å²) < 4.78 is 10.3. The van der Waals surface area contributed by atoms with Crippen LogP contribution in [0.3, 0.4) is 0 Å². The minimum absolute atomic E-state index is 0.131. The first kappa shape index (κ1) is 11.1. The van der Waals surface area contributed by atoms with Gasteiger partial charge in [0.2, 0.25) is 0 Å². The number of ether oxygens (including phenoxy) is 1. The minimum atomic E-state index is 0.131. The molecular formula is C9H17N3O2. The largest absolute Gasteiger partial charge is 0.369 e. The van der Waals surface area contributed by atoms with Crippen molar-refractivity contribution >= 4 is 0 Å². The standard InChI is InChI=1S/C9H17N3O2/c1-6(2)13-5-8-11-9(12-14-8)7(3)4-10/h6-7H,4-5,10H2,1-3H3. The summed E-state index contributed by atoms with van der Waals surface area (Å²) in [6, 6.07) is 0. The molecular weight excluding hydrogens is 182 g/mol. The molecule has 0 bridgehead atoms. The third kappa shape index (κ3) is 3.08. The number of hydrogen-bond donors (Lipinski definition) is 1. The second-order valence-electron chi connectivity index (χ2n) is 3.54. The van der Waals surface area contributed by atoms with Gasteiger partial charge >= 0.3 is 0 Å². The van der Waals surface area contributed by atoms with E-state index in [0.29, 0.717) is 24.9 Å². The Morgan fingerprint density at radius 1 is 1.43 bits per heavy atom. The van der Waals surface area contributed by atoms with Crippen LogP contribution in [0.1, 0.15) is 38.4 Å². The second-order valence-corrected chi connectivity index (χ2v) is 3.54. The van der Waals surface area contributed by atoms with Crippen molar-refractivity contribution in [2.24, 2.45) is 5.73 Å². The van der Waals surface area contributed by atoms with Crippen LogP contribution in [0.5, 0.6) is 0 Å². The zero-order valence-electron chi connectivity index (χ0n) is 8.86. The molecule has 1 rings (SSSR count). The Morgan fingerprint density at radius 3 is 2.71 bits per heavy atom. The monoisotopic (exact) mass is 199 g/mol. The van der Waals surface area contributed by atoms with Crippen molar-refractivity contribution in [1.29, 1.82) is 0 Å². The maximum atomic E-state index is 5.48. The topological polar surface area (TPSA) is 74.2 Å². The van der Waals surface area contributed by atoms with Crippen LogP contribution in [0, 0.1) is 0 Å². The summed E-state index contributed by atoms with van der Waals surface area (Å²) in [5, 5.41) is 3.82. The predicted octanol–water partition coefficient (Wildman–Crippen LogP) is 1.06. The molecule has 1 heterocycles. The Bertz CT molecular complexity index is 273. The molecule has 0 spiro atoms. The van der Waals surface area contributed by atoms with Gasteiger partial charge < -0.3 is 15.0 Å². The van der Waals surface area contributed by atoms with E-state index in [2.05, 4.69) is 10.1 Å². The summed E-state index contributed by atoms with van der Waals surface area (Å²) in [7, 11) is 0. The lowest BCUT2D eigenvalue weighted by molar-refractivity contribution is 0.0485. The van der Waals surface area contributed by atoms with Gasteiger partial charge in [0, 0.05) is 12.5 Å². The summed E-state index contributed by atoms with van der Waals surface area (Å²) in [5.41, 5.74) is 5.48. The molecule has 0 aromatic carbocycles. The third-order valence-electron chi connectivity index (χ3n) is 1.82. The van der Waals surface area contributed by atoms with E-state index < -0.39 is 0 Å². The molecule has 5 nitrogen and oxygen atoms in total. The molecule has 2 N–H and O–H groups in total. The number of nitrogens with zero attached hydrogens (tertiary/aromatic N) is 2. The highest BCUT2D eigenvalue weighted by molar-refractivity contribution is 4.93. The van der Waals surface area contributed by atoms with Crippen molar-refractivity contribution in [2.75, 3.05) is 6.54 Å². The van der Waals surface area contributed by atoms with Crippen LogP contribution < -0.4 is 5.73 Å². The summed E-state index contributed by atoms with van der Waals surface area (Å²) in [6.07, 6.45) is 0.164. The van der Waals surface area contributed by atoms with Crippen molar-refractivity contribution in [3.05, 3.63) is 11.7 Å². The Balaban J connectivity index is 2.50. The minimum Gasteiger partial charge on any atom is -0.369 e. The Hall–Kier alpha value is -0.940. The van der Waals surface area contributed by atoms with Gasteiger partial charge in [0.1, 0.15) is 6.61 Å². The molecule has 1 aromatic heterocycles. The summed E-state index contributed by atoms with van der Waals surface area (Å²) >= 11 is 0. The van der Waals surface area contributed by atoms with Crippen LogP contribution in [-0.4, -0.2) is 22.8 Å². The Labute approximate surface area is 83.6 Å². The lowest BCUT2D eigenvalue weighted by Crippen LogP contribution is -2.10. The molecule has 80 valence electrons. The van der Waals surface area contributed by atoms with E-state index >= 15 is 0 Å². The molecule has 1 atom stereocenters. The predicted molar refractivity (Wildman–Crippen MR) is 51.7 cm³/mol. The quantitative estimate of drug-likeness (QED) is 0.767. The number of nitrogens with two attached hydrogens (primary N) is 1. The van der Waals surface area contributed by atoms with Gasteiger partial charge in [-0.05, 0) is 13.8 Å². The maximum Gasteiger partial charge on any atom is 0.252 e. The first-order valence-electron chi connectivity index (χ1n) is 4.77. The maximum absolute atomic E-state index is 5.48. The smallest absolute Gasteiger partial charge is 0.252 e. The molecule has 0 aliphatic rings. The average molecular weight is 199 g/mol. The lowest BCUT2D eigenvalue weighted by Gasteiger charge is -2.02. The van der Waals surface area contributed by atoms with Crippen LogP contribution in [-0.2, 0) is 11.3 Å². The molecule has 1 aromatic rings. The van der Waals surface area contributed by atoms with Crippen molar-refractivity contribution in [2.45, 2.75) is 39.4 Å². The van der Waals surface area contributed by atoms with Gasteiger partial charge in [0.25, 0.3) is 5.89 Å². The van der Waals surface area contributed by atoms with Crippen LogP contribution >= 0.6 is 0 Å². The molecule has 0 fully saturated rings. The third-order valence-corrected chi connectivity index (χ3v) is 1.82. The molecule has 5 heteroatoms. The molecule has 0 saturated carbocycles. The number of rotatable bonds is 5. The van der Waals surface area contributed by atoms with E-state index in [-0.39, 0.29) is 12.0 Å². The molecule has 0 radical (unpaired) electrons. The van der Waals surface area contributed by atoms with Gasteiger partial charge in [-0.2, -0.15) is 4.98 Å². The van der Waals surface area contributed by atoms with E-state index in [9.17, 15) is 0 Å². The van der Waals surface area contributed by atoms with Gasteiger partial charge in [-0.15, -0.1) is 0 Å². The van der Waals surface area contributed by atoms with E-state index in [4.69, 9.17) is 15.0 Å². The van der Waals surface area contributed by atoms with Gasteiger partial charge in [0.15, 0.2) is 5.82 Å². The van der Waals surface area contributed by atoms with Crippen LogP contribution in [0.25, 0.3) is 0 Å². The van der Waals surface area contributed by atoms with E-state index in [1.807, 2.05) is 20.8 Å². The van der Waals surface area contributed by atoms with Crippen molar-refractivity contribution in [1.82, 2.24) is 10.1 Å². The summed E-state index contributed by atoms with van der Waals surface area (Å²) in [4.78, 5) is 4.17. The first-order valence-corrected chi connectivity index (χ1v) is 4.77. The molecule has 1 unspecified atom stereocenters. The summed E-state index contributed by atoms with van der Waals surface area (Å²) in [5.74, 6) is 1.29. The van der Waals surface area contributed by atoms with E-state index in [0.717, 1.165) is 0 Å². The highest BCUT2D eigenvalue weighted by atomic mass is 16.5. The van der Waals surface area contributed by atoms with E-state index in [1.165, 1.54) is 0 Å². The number of hydrogen-bond acceptors (Lipinski definition) is 5. The zero-order chi connectivity index (χ0) is 10.6. The second kappa shape index (κ2) is 5.07. The molecule has 0 aliphatic carbocycles. The number of aromatic nitrogens is 2. The van der Waals surface area contributed by atoms with Gasteiger partial charge in [-0.25, -0.2) is 0 Å². The Morgan fingerprint density at radius 2 is 2.14 bits per heavy atom. The molecule has 0 aliphatic heterocycles. The normalized spacial score (nSPS) is 13.5. The van der Waals surface area contributed by atoms with Crippen molar-refractivity contribution in [3.8, 4) is 0 Å². The van der Waals surface area contributed by atoms with E-state index in [1.54, 1.807) is 0 Å². The zero-order valence-corrected chi connectivity index (χ0v) is 8.86. The fourth-order valence-electron chi connectivity index (χ4n) is 0.870. The van der Waals surface area contributed by atoms with Crippen molar-refractivity contribution in [3.63, 3.8) is 0 Å². The first-order chi connectivity index (χ1) is 6.63. The van der Waals surface area contributed by atoms with Gasteiger partial charge in [-0.1, -0.05) is 12.1 Å². The SMILES string of the molecule is CC(C)OCc1nc(C(C)CN)no1. The van der Waals surface area contributed by atoms with Crippen LogP contribution in [0.2, 0.25) is 0 Å². The van der Waals surface area contributed by atoms with Gasteiger partial charge in [-0.3, -0.25) is 0 Å². The van der Waals surface area contributed by atoms with Crippen LogP contribution in [0.4, 0.5) is 0 Å². The molecule has 0 amide bonds. The van der Waals surface area contributed by atoms with Crippen molar-refractivity contribution < 1.29 is 9.26 Å². The molecule has 14 heavy (non-hydrogen) atoms. The fraction of sp³-hybridized carbons (Fsp3) is 0.778. The lowest BCUT2D eigenvalue weighted by atomic mass is 10.2.